The summed E-state index contributed by atoms with van der Waals surface area (Å²) in [4.78, 5) is 0. The van der Waals surface area contributed by atoms with Gasteiger partial charge in [0.05, 0.1) is 0 Å². The quantitative estimate of drug-likeness (QED) is 0.656. The number of fused-ring (bicyclic) bond motifs is 1. The lowest BCUT2D eigenvalue weighted by Gasteiger charge is -2.12. The van der Waals surface area contributed by atoms with Gasteiger partial charge in [0.15, 0.2) is 0 Å². The third kappa shape index (κ3) is 1.77. The van der Waals surface area contributed by atoms with Crippen molar-refractivity contribution in [3.05, 3.63) is 35.6 Å². The second-order valence-electron chi connectivity index (χ2n) is 5.82. The molecule has 16 heavy (non-hydrogen) atoms. The Morgan fingerprint density at radius 2 is 1.50 bits per heavy atom. The second kappa shape index (κ2) is 3.87. The summed E-state index contributed by atoms with van der Waals surface area (Å²) in [6.45, 7) is 2.38. The van der Waals surface area contributed by atoms with Crippen LogP contribution in [0.4, 0.5) is 4.39 Å². The van der Waals surface area contributed by atoms with E-state index < -0.39 is 0 Å². The zero-order valence-electron chi connectivity index (χ0n) is 9.83. The molecule has 2 aliphatic carbocycles. The van der Waals surface area contributed by atoms with Crippen molar-refractivity contribution in [3.8, 4) is 0 Å². The first kappa shape index (κ1) is 10.3. The first-order valence-corrected chi connectivity index (χ1v) is 6.48. The van der Waals surface area contributed by atoms with Crippen LogP contribution in [-0.4, -0.2) is 0 Å². The van der Waals surface area contributed by atoms with Gasteiger partial charge in [0.25, 0.3) is 0 Å². The first-order valence-electron chi connectivity index (χ1n) is 6.48. The monoisotopic (exact) mass is 218 g/mol. The Kier molecular flexibility index (Phi) is 2.49. The van der Waals surface area contributed by atoms with Gasteiger partial charge >= 0.3 is 0 Å². The lowest BCUT2D eigenvalue weighted by molar-refractivity contribution is 0.457. The van der Waals surface area contributed by atoms with E-state index in [-0.39, 0.29) is 5.82 Å². The molecule has 2 aliphatic rings. The van der Waals surface area contributed by atoms with Crippen LogP contribution >= 0.6 is 0 Å². The van der Waals surface area contributed by atoms with Crippen molar-refractivity contribution >= 4 is 0 Å². The molecule has 0 aromatic heterocycles. The zero-order chi connectivity index (χ0) is 11.1. The largest absolute Gasteiger partial charge is 0.207 e. The molecule has 1 heteroatoms. The van der Waals surface area contributed by atoms with Gasteiger partial charge in [-0.15, -0.1) is 0 Å². The van der Waals surface area contributed by atoms with Crippen molar-refractivity contribution in [2.45, 2.75) is 38.5 Å². The molecule has 1 aromatic carbocycles. The lowest BCUT2D eigenvalue weighted by Crippen LogP contribution is -1.97. The van der Waals surface area contributed by atoms with Crippen LogP contribution in [0.25, 0.3) is 0 Å². The smallest absolute Gasteiger partial charge is 0.123 e. The molecular formula is C15H19F. The van der Waals surface area contributed by atoms with Crippen LogP contribution in [0.3, 0.4) is 0 Å². The van der Waals surface area contributed by atoms with Crippen LogP contribution < -0.4 is 0 Å². The average molecular weight is 218 g/mol. The van der Waals surface area contributed by atoms with Crippen molar-refractivity contribution in [3.63, 3.8) is 0 Å². The highest BCUT2D eigenvalue weighted by Gasteiger charge is 2.40. The van der Waals surface area contributed by atoms with E-state index >= 15 is 0 Å². The molecule has 0 saturated heterocycles. The Labute approximate surface area is 96.9 Å². The predicted octanol–water partition coefficient (Wildman–Crippen LogP) is 4.37. The fraction of sp³-hybridized carbons (Fsp3) is 0.600. The van der Waals surface area contributed by atoms with Gasteiger partial charge in [-0.3, -0.25) is 0 Å². The van der Waals surface area contributed by atoms with E-state index in [0.29, 0.717) is 5.92 Å². The van der Waals surface area contributed by atoms with Crippen molar-refractivity contribution < 1.29 is 4.39 Å². The Morgan fingerprint density at radius 3 is 2.06 bits per heavy atom. The Bertz CT molecular complexity index is 354. The summed E-state index contributed by atoms with van der Waals surface area (Å²) in [7, 11) is 0. The molecule has 2 atom stereocenters. The van der Waals surface area contributed by atoms with E-state index in [0.717, 1.165) is 17.8 Å². The number of hydrogen-bond donors (Lipinski definition) is 0. The normalized spacial score (nSPS) is 37.6. The summed E-state index contributed by atoms with van der Waals surface area (Å²) in [5.74, 6) is 3.41. The topological polar surface area (TPSA) is 0 Å². The summed E-state index contributed by atoms with van der Waals surface area (Å²) in [5, 5.41) is 0. The van der Waals surface area contributed by atoms with Crippen molar-refractivity contribution in [1.82, 2.24) is 0 Å². The minimum Gasteiger partial charge on any atom is -0.207 e. The number of rotatable bonds is 1. The van der Waals surface area contributed by atoms with Gasteiger partial charge in [0, 0.05) is 0 Å². The molecule has 86 valence electrons. The molecule has 0 radical (unpaired) electrons. The summed E-state index contributed by atoms with van der Waals surface area (Å²) in [6, 6.07) is 7.16. The van der Waals surface area contributed by atoms with E-state index in [9.17, 15) is 4.39 Å². The van der Waals surface area contributed by atoms with Crippen molar-refractivity contribution in [2.75, 3.05) is 0 Å². The summed E-state index contributed by atoms with van der Waals surface area (Å²) in [6.07, 6.45) is 5.51. The first-order chi connectivity index (χ1) is 7.72. The van der Waals surface area contributed by atoms with Gasteiger partial charge in [-0.2, -0.15) is 0 Å². The van der Waals surface area contributed by atoms with Crippen LogP contribution in [0.5, 0.6) is 0 Å². The summed E-state index contributed by atoms with van der Waals surface area (Å²) >= 11 is 0. The highest BCUT2D eigenvalue weighted by molar-refractivity contribution is 5.22. The molecule has 0 N–H and O–H groups in total. The van der Waals surface area contributed by atoms with Crippen LogP contribution in [0.15, 0.2) is 24.3 Å². The molecule has 0 nitrogen and oxygen atoms in total. The van der Waals surface area contributed by atoms with Crippen LogP contribution in [0, 0.1) is 23.6 Å². The minimum absolute atomic E-state index is 0.115. The lowest BCUT2D eigenvalue weighted by atomic mass is 9.93. The third-order valence-corrected chi connectivity index (χ3v) is 4.59. The minimum atomic E-state index is -0.115. The zero-order valence-corrected chi connectivity index (χ0v) is 9.83. The number of hydrogen-bond acceptors (Lipinski definition) is 0. The SMILES string of the molecule is CC1CC2CC(c3ccc(F)cc3)CC2C1. The van der Waals surface area contributed by atoms with Crippen LogP contribution in [0.1, 0.15) is 44.1 Å². The highest BCUT2D eigenvalue weighted by atomic mass is 19.1. The van der Waals surface area contributed by atoms with Gasteiger partial charge in [-0.25, -0.2) is 4.39 Å². The third-order valence-electron chi connectivity index (χ3n) is 4.59. The van der Waals surface area contributed by atoms with Gasteiger partial charge in [-0.05, 0) is 67.1 Å². The van der Waals surface area contributed by atoms with Gasteiger partial charge in [0.2, 0.25) is 0 Å². The molecule has 1 aromatic rings. The Morgan fingerprint density at radius 1 is 0.938 bits per heavy atom. The second-order valence-corrected chi connectivity index (χ2v) is 5.82. The maximum atomic E-state index is 12.9. The molecular weight excluding hydrogens is 199 g/mol. The molecule has 2 saturated carbocycles. The van der Waals surface area contributed by atoms with Gasteiger partial charge in [0.1, 0.15) is 5.82 Å². The molecule has 2 unspecified atom stereocenters. The summed E-state index contributed by atoms with van der Waals surface area (Å²) in [5.41, 5.74) is 1.35. The molecule has 0 spiro atoms. The fourth-order valence-electron chi connectivity index (χ4n) is 3.93. The highest BCUT2D eigenvalue weighted by Crippen LogP contribution is 2.52. The molecule has 3 rings (SSSR count). The number of halogens is 1. The Balaban J connectivity index is 1.73. The Hall–Kier alpha value is -0.850. The van der Waals surface area contributed by atoms with Gasteiger partial charge in [-0.1, -0.05) is 19.1 Å². The maximum Gasteiger partial charge on any atom is 0.123 e. The number of benzene rings is 1. The van der Waals surface area contributed by atoms with Gasteiger partial charge < -0.3 is 0 Å². The standard InChI is InChI=1S/C15H19F/c1-10-6-12-8-14(9-13(12)7-10)11-2-4-15(16)5-3-11/h2-5,10,12-14H,6-9H2,1H3. The molecule has 0 aliphatic heterocycles. The van der Waals surface area contributed by atoms with Crippen molar-refractivity contribution in [1.29, 1.82) is 0 Å². The van der Waals surface area contributed by atoms with E-state index in [4.69, 9.17) is 0 Å². The van der Waals surface area contributed by atoms with E-state index in [1.165, 1.54) is 31.2 Å². The molecule has 0 bridgehead atoms. The summed E-state index contributed by atoms with van der Waals surface area (Å²) < 4.78 is 12.9. The fourth-order valence-corrected chi connectivity index (χ4v) is 3.93. The molecule has 0 amide bonds. The predicted molar refractivity (Wildman–Crippen MR) is 63.8 cm³/mol. The maximum absolute atomic E-state index is 12.9. The van der Waals surface area contributed by atoms with Crippen LogP contribution in [-0.2, 0) is 0 Å². The van der Waals surface area contributed by atoms with E-state index in [2.05, 4.69) is 6.92 Å². The van der Waals surface area contributed by atoms with E-state index in [1.807, 2.05) is 12.1 Å². The molecule has 2 fully saturated rings. The molecule has 0 heterocycles. The van der Waals surface area contributed by atoms with Crippen molar-refractivity contribution in [2.24, 2.45) is 17.8 Å². The van der Waals surface area contributed by atoms with E-state index in [1.54, 1.807) is 12.1 Å². The van der Waals surface area contributed by atoms with Crippen LogP contribution in [0.2, 0.25) is 0 Å². The average Bonchev–Trinajstić information content (AvgIpc) is 2.75.